The van der Waals surface area contributed by atoms with Crippen molar-refractivity contribution in [1.29, 1.82) is 5.26 Å². The van der Waals surface area contributed by atoms with Gasteiger partial charge in [0, 0.05) is 32.9 Å². The minimum atomic E-state index is -0.124. The van der Waals surface area contributed by atoms with Crippen LogP contribution in [-0.4, -0.2) is 41.6 Å². The summed E-state index contributed by atoms with van der Waals surface area (Å²) in [7, 11) is 1.78. The highest BCUT2D eigenvalue weighted by Gasteiger charge is 2.21. The number of rotatable bonds is 5. The van der Waals surface area contributed by atoms with Crippen molar-refractivity contribution in [3.8, 4) is 6.07 Å². The summed E-state index contributed by atoms with van der Waals surface area (Å²) < 4.78 is 1.69. The normalized spacial score (nSPS) is 17.8. The minimum absolute atomic E-state index is 0.124. The van der Waals surface area contributed by atoms with E-state index in [1.54, 1.807) is 23.9 Å². The number of hydrogen-bond acceptors (Lipinski definition) is 3. The number of nitrogens with zero attached hydrogens (tertiary/aromatic N) is 3. The largest absolute Gasteiger partial charge is 0.349 e. The molecule has 1 unspecified atom stereocenters. The lowest BCUT2D eigenvalue weighted by molar-refractivity contribution is 0.0937. The summed E-state index contributed by atoms with van der Waals surface area (Å²) in [6.07, 6.45) is 4.09. The number of benzene rings is 1. The number of piperidine rings is 1. The molecule has 2 heterocycles. The molecule has 1 aliphatic rings. The van der Waals surface area contributed by atoms with Crippen molar-refractivity contribution in [2.75, 3.05) is 26.2 Å². The topological polar surface area (TPSA) is 61.1 Å². The number of aromatic nitrogens is 1. The van der Waals surface area contributed by atoms with Crippen molar-refractivity contribution < 1.29 is 4.79 Å². The van der Waals surface area contributed by atoms with E-state index in [-0.39, 0.29) is 5.91 Å². The first-order valence-corrected chi connectivity index (χ1v) is 8.79. The lowest BCUT2D eigenvalue weighted by atomic mass is 9.91. The Bertz CT molecular complexity index is 760. The fourth-order valence-corrected chi connectivity index (χ4v) is 3.53. The van der Waals surface area contributed by atoms with Crippen LogP contribution in [0.1, 0.15) is 40.4 Å². The molecule has 1 N–H and O–H groups in total. The van der Waals surface area contributed by atoms with Gasteiger partial charge in [-0.15, -0.1) is 0 Å². The van der Waals surface area contributed by atoms with Crippen molar-refractivity contribution in [3.63, 3.8) is 0 Å². The molecule has 1 fully saturated rings. The van der Waals surface area contributed by atoms with Crippen LogP contribution < -0.4 is 5.32 Å². The van der Waals surface area contributed by atoms with E-state index >= 15 is 0 Å². The Morgan fingerprint density at radius 1 is 1.36 bits per heavy atom. The molecule has 5 heteroatoms. The molecule has 3 rings (SSSR count). The van der Waals surface area contributed by atoms with E-state index in [9.17, 15) is 4.79 Å². The summed E-state index contributed by atoms with van der Waals surface area (Å²) in [6.45, 7) is 3.60. The van der Waals surface area contributed by atoms with Gasteiger partial charge in [0.1, 0.15) is 11.8 Å². The predicted octanol–water partition coefficient (Wildman–Crippen LogP) is 2.51. The van der Waals surface area contributed by atoms with E-state index in [1.165, 1.54) is 18.4 Å². The van der Waals surface area contributed by atoms with Gasteiger partial charge in [0.05, 0.1) is 5.56 Å². The van der Waals surface area contributed by atoms with Crippen LogP contribution in [0.3, 0.4) is 0 Å². The molecule has 0 radical (unpaired) electrons. The van der Waals surface area contributed by atoms with Crippen molar-refractivity contribution in [2.24, 2.45) is 7.05 Å². The fraction of sp³-hybridized carbons (Fsp3) is 0.400. The lowest BCUT2D eigenvalue weighted by Crippen LogP contribution is -2.40. The highest BCUT2D eigenvalue weighted by molar-refractivity contribution is 5.93. The highest BCUT2D eigenvalue weighted by Crippen LogP contribution is 2.26. The Balaban J connectivity index is 1.49. The van der Waals surface area contributed by atoms with Crippen molar-refractivity contribution >= 4 is 5.91 Å². The van der Waals surface area contributed by atoms with Gasteiger partial charge in [-0.25, -0.2) is 0 Å². The van der Waals surface area contributed by atoms with Gasteiger partial charge in [-0.05, 0) is 36.9 Å². The fourth-order valence-electron chi connectivity index (χ4n) is 3.53. The van der Waals surface area contributed by atoms with Gasteiger partial charge in [0.25, 0.3) is 5.91 Å². The molecule has 1 aliphatic heterocycles. The molecule has 1 saturated heterocycles. The number of nitriles is 1. The van der Waals surface area contributed by atoms with E-state index < -0.39 is 0 Å². The van der Waals surface area contributed by atoms with Crippen molar-refractivity contribution in [3.05, 3.63) is 59.4 Å². The number of likely N-dealkylation sites (tertiary alicyclic amines) is 1. The van der Waals surface area contributed by atoms with Crippen LogP contribution in [0.25, 0.3) is 0 Å². The van der Waals surface area contributed by atoms with Gasteiger partial charge in [0.2, 0.25) is 0 Å². The Kier molecular flexibility index (Phi) is 5.52. The van der Waals surface area contributed by atoms with Crippen molar-refractivity contribution in [2.45, 2.75) is 18.8 Å². The molecule has 0 saturated carbocycles. The Morgan fingerprint density at radius 2 is 2.16 bits per heavy atom. The van der Waals surface area contributed by atoms with Gasteiger partial charge in [-0.1, -0.05) is 30.3 Å². The molecule has 2 aromatic rings. The maximum atomic E-state index is 12.3. The molecule has 5 nitrogen and oxygen atoms in total. The predicted molar refractivity (Wildman–Crippen MR) is 97.3 cm³/mol. The molecule has 130 valence electrons. The number of amides is 1. The first kappa shape index (κ1) is 17.2. The molecule has 1 atom stereocenters. The average Bonchev–Trinajstić information content (AvgIpc) is 3.04. The molecule has 0 spiro atoms. The third kappa shape index (κ3) is 4.28. The summed E-state index contributed by atoms with van der Waals surface area (Å²) >= 11 is 0. The van der Waals surface area contributed by atoms with Crippen LogP contribution in [0.5, 0.6) is 0 Å². The first-order chi connectivity index (χ1) is 12.2. The van der Waals surface area contributed by atoms with Crippen LogP contribution >= 0.6 is 0 Å². The monoisotopic (exact) mass is 336 g/mol. The lowest BCUT2D eigenvalue weighted by Gasteiger charge is -2.33. The first-order valence-electron chi connectivity index (χ1n) is 8.79. The summed E-state index contributed by atoms with van der Waals surface area (Å²) in [5, 5.41) is 11.9. The number of carbonyl (C=O) groups excluding carboxylic acids is 1. The molecule has 0 aliphatic carbocycles. The van der Waals surface area contributed by atoms with E-state index in [0.717, 1.165) is 19.6 Å². The van der Waals surface area contributed by atoms with Crippen LogP contribution in [0.15, 0.2) is 42.6 Å². The summed E-state index contributed by atoms with van der Waals surface area (Å²) in [6, 6.07) is 14.4. The Labute approximate surface area is 148 Å². The zero-order valence-corrected chi connectivity index (χ0v) is 14.6. The maximum Gasteiger partial charge on any atom is 0.267 e. The Morgan fingerprint density at radius 3 is 2.88 bits per heavy atom. The average molecular weight is 336 g/mol. The van der Waals surface area contributed by atoms with Gasteiger partial charge < -0.3 is 14.8 Å². The third-order valence-corrected chi connectivity index (χ3v) is 4.86. The molecular formula is C20H24N4O. The number of aryl methyl sites for hydroxylation is 1. The standard InChI is InChI=1S/C20H24N4O/c1-23-14-16(13-21)12-19(23)20(25)22-9-11-24-10-5-8-18(15-24)17-6-3-2-4-7-17/h2-4,6-7,12,14,18H,5,8-11,15H2,1H3,(H,22,25). The summed E-state index contributed by atoms with van der Waals surface area (Å²) in [4.78, 5) is 14.7. The number of nitrogens with one attached hydrogen (secondary N) is 1. The van der Waals surface area contributed by atoms with E-state index in [0.29, 0.717) is 23.7 Å². The van der Waals surface area contributed by atoms with Gasteiger partial charge >= 0.3 is 0 Å². The van der Waals surface area contributed by atoms with Gasteiger partial charge in [-0.3, -0.25) is 4.79 Å². The second kappa shape index (κ2) is 8.00. The van der Waals surface area contributed by atoms with Crippen molar-refractivity contribution in [1.82, 2.24) is 14.8 Å². The number of carbonyl (C=O) groups is 1. The quantitative estimate of drug-likeness (QED) is 0.912. The molecular weight excluding hydrogens is 312 g/mol. The second-order valence-corrected chi connectivity index (χ2v) is 6.64. The third-order valence-electron chi connectivity index (χ3n) is 4.86. The molecule has 1 aromatic heterocycles. The smallest absolute Gasteiger partial charge is 0.267 e. The van der Waals surface area contributed by atoms with Gasteiger partial charge in [-0.2, -0.15) is 5.26 Å². The SMILES string of the molecule is Cn1cc(C#N)cc1C(=O)NCCN1CCCC(c2ccccc2)C1. The number of hydrogen-bond donors (Lipinski definition) is 1. The molecule has 25 heavy (non-hydrogen) atoms. The van der Waals surface area contributed by atoms with Crippen LogP contribution in [0, 0.1) is 11.3 Å². The van der Waals surface area contributed by atoms with Crippen LogP contribution in [0.2, 0.25) is 0 Å². The van der Waals surface area contributed by atoms with Crippen LogP contribution in [0.4, 0.5) is 0 Å². The summed E-state index contributed by atoms with van der Waals surface area (Å²) in [5.74, 6) is 0.456. The molecule has 0 bridgehead atoms. The van der Waals surface area contributed by atoms with E-state index in [2.05, 4.69) is 46.6 Å². The van der Waals surface area contributed by atoms with E-state index in [4.69, 9.17) is 5.26 Å². The summed E-state index contributed by atoms with van der Waals surface area (Å²) in [5.41, 5.74) is 2.44. The minimum Gasteiger partial charge on any atom is -0.349 e. The maximum absolute atomic E-state index is 12.3. The molecule has 1 amide bonds. The zero-order chi connectivity index (χ0) is 17.6. The van der Waals surface area contributed by atoms with Gasteiger partial charge in [0.15, 0.2) is 0 Å². The zero-order valence-electron chi connectivity index (χ0n) is 14.6. The Hall–Kier alpha value is -2.58. The molecule has 1 aromatic carbocycles. The highest BCUT2D eigenvalue weighted by atomic mass is 16.1. The second-order valence-electron chi connectivity index (χ2n) is 6.64. The van der Waals surface area contributed by atoms with Crippen LogP contribution in [-0.2, 0) is 7.05 Å². The van der Waals surface area contributed by atoms with E-state index in [1.807, 2.05) is 0 Å².